The fourth-order valence-corrected chi connectivity index (χ4v) is 8.20. The summed E-state index contributed by atoms with van der Waals surface area (Å²) in [5.74, 6) is -2.98. The molecule has 14 nitrogen and oxygen atoms in total. The van der Waals surface area contributed by atoms with Crippen molar-refractivity contribution >= 4 is 23.2 Å². The predicted molar refractivity (Wildman–Crippen MR) is 173 cm³/mol. The molecular weight excluding hydrogens is 734 g/mol. The summed E-state index contributed by atoms with van der Waals surface area (Å²) in [6, 6.07) is -2.23. The van der Waals surface area contributed by atoms with E-state index in [2.05, 4.69) is 30.6 Å². The van der Waals surface area contributed by atoms with Crippen LogP contribution in [-0.4, -0.2) is 114 Å². The lowest BCUT2D eigenvalue weighted by molar-refractivity contribution is -0.172. The molecule has 2 saturated heterocycles. The van der Waals surface area contributed by atoms with Gasteiger partial charge in [0.2, 0.25) is 0 Å². The van der Waals surface area contributed by atoms with Crippen LogP contribution in [0.5, 0.6) is 0 Å². The Morgan fingerprint density at radius 3 is 1.65 bits per heavy atom. The summed E-state index contributed by atoms with van der Waals surface area (Å²) in [4.78, 5) is 41.8. The molecule has 2 aliphatic heterocycles. The molecule has 2 aliphatic carbocycles. The fraction of sp³-hybridized carbons (Fsp3) is 0.706. The van der Waals surface area contributed by atoms with Gasteiger partial charge in [-0.15, -0.1) is 0 Å². The van der Waals surface area contributed by atoms with E-state index in [-0.39, 0.29) is 55.9 Å². The minimum Gasteiger partial charge on any atom is -0.388 e. The average Bonchev–Trinajstić information content (AvgIpc) is 3.64. The summed E-state index contributed by atoms with van der Waals surface area (Å²) in [6.07, 6.45) is -10.9. The third kappa shape index (κ3) is 8.94. The van der Waals surface area contributed by atoms with Crippen molar-refractivity contribution in [1.82, 2.24) is 19.9 Å². The predicted octanol–water partition coefficient (Wildman–Crippen LogP) is 2.56. The Labute approximate surface area is 305 Å². The van der Waals surface area contributed by atoms with E-state index in [4.69, 9.17) is 9.47 Å². The number of aliphatic hydroxyl groups is 4. The van der Waals surface area contributed by atoms with Crippen molar-refractivity contribution in [2.24, 2.45) is 23.7 Å². The van der Waals surface area contributed by atoms with Crippen LogP contribution in [0.2, 0.25) is 0 Å². The summed E-state index contributed by atoms with van der Waals surface area (Å²) in [5, 5.41) is 48.9. The first kappa shape index (κ1) is 40.1. The topological polar surface area (TPSA) is 209 Å². The van der Waals surface area contributed by atoms with Crippen molar-refractivity contribution < 1.29 is 65.8 Å². The number of hydrogen-bond donors (Lipinski definition) is 6. The molecule has 5 unspecified atom stereocenters. The number of hydrogen-bond acceptors (Lipinski definition) is 14. The number of nitrogens with one attached hydrogen (secondary N) is 2. The van der Waals surface area contributed by atoms with Crippen LogP contribution in [0.15, 0.2) is 24.8 Å². The summed E-state index contributed by atoms with van der Waals surface area (Å²) in [5.41, 5.74) is -2.53. The SMILES string of the molecule is O=C(C1CCC(C(=O)C2OC[C@H](Nc3cncc(C(F)(F)F)n3)[C@@H](O)[C@H]2O)C(CC2CCCC2)C1)C1OC[C@H](Nc2cncc(C(F)(F)F)n2)[C@@H](O)[C@H]1O. The largest absolute Gasteiger partial charge is 0.434 e. The number of carbonyl (C=O) groups is 2. The van der Waals surface area contributed by atoms with Crippen LogP contribution in [0.3, 0.4) is 0 Å². The standard InChI is InChI=1S/C34H42F6N6O8/c35-33(36,37)21-9-41-11-23(45-21)43-19-13-53-31(29(51)27(19)49)25(47)16-5-6-18(17(8-16)7-15-3-1-2-4-15)26(48)32-30(52)28(50)20(14-54-32)44-24-12-42-10-22(46-24)34(38,39)40/h9-12,15-20,27-32,49-52H,1-8,13-14H2,(H,43,45)(H,44,46)/t16?,17?,18?,19-,20-,27+,28+,29+,30+,31?,32?/m0/s1. The van der Waals surface area contributed by atoms with Crippen molar-refractivity contribution in [3.63, 3.8) is 0 Å². The number of alkyl halides is 6. The number of carbonyl (C=O) groups excluding carboxylic acids is 2. The molecule has 2 aromatic rings. The zero-order valence-electron chi connectivity index (χ0n) is 28.8. The van der Waals surface area contributed by atoms with Gasteiger partial charge in [-0.05, 0) is 37.5 Å². The molecule has 0 radical (unpaired) electrons. The summed E-state index contributed by atoms with van der Waals surface area (Å²) < 4.78 is 90.1. The van der Waals surface area contributed by atoms with E-state index in [1.54, 1.807) is 0 Å². The zero-order valence-corrected chi connectivity index (χ0v) is 28.8. The zero-order chi connectivity index (χ0) is 38.9. The van der Waals surface area contributed by atoms with Gasteiger partial charge in [0.1, 0.15) is 48.3 Å². The molecule has 20 heteroatoms. The quantitative estimate of drug-likeness (QED) is 0.192. The second-order valence-electron chi connectivity index (χ2n) is 14.6. The molecule has 2 saturated carbocycles. The van der Waals surface area contributed by atoms with Crippen LogP contribution < -0.4 is 10.6 Å². The lowest BCUT2D eigenvalue weighted by Gasteiger charge is -2.43. The van der Waals surface area contributed by atoms with E-state index in [0.717, 1.165) is 38.1 Å². The van der Waals surface area contributed by atoms with Gasteiger partial charge in [-0.3, -0.25) is 19.6 Å². The maximum Gasteiger partial charge on any atom is 0.434 e. The second-order valence-corrected chi connectivity index (χ2v) is 14.6. The van der Waals surface area contributed by atoms with Gasteiger partial charge in [-0.1, -0.05) is 25.7 Å². The second kappa shape index (κ2) is 16.3. The number of nitrogens with zero attached hydrogens (tertiary/aromatic N) is 4. The number of halogens is 6. The lowest BCUT2D eigenvalue weighted by atomic mass is 9.66. The van der Waals surface area contributed by atoms with Crippen LogP contribution in [-0.2, 0) is 31.4 Å². The third-order valence-corrected chi connectivity index (χ3v) is 11.0. The van der Waals surface area contributed by atoms with E-state index in [1.165, 1.54) is 0 Å². The minimum atomic E-state index is -4.76. The molecule has 11 atom stereocenters. The van der Waals surface area contributed by atoms with Crippen LogP contribution in [0.4, 0.5) is 38.0 Å². The lowest BCUT2D eigenvalue weighted by Crippen LogP contribution is -2.60. The van der Waals surface area contributed by atoms with Gasteiger partial charge >= 0.3 is 12.4 Å². The Balaban J connectivity index is 1.09. The third-order valence-electron chi connectivity index (χ3n) is 11.0. The van der Waals surface area contributed by atoms with Crippen molar-refractivity contribution in [3.05, 3.63) is 36.2 Å². The molecule has 2 aromatic heterocycles. The van der Waals surface area contributed by atoms with Crippen LogP contribution in [0, 0.1) is 23.7 Å². The van der Waals surface area contributed by atoms with E-state index in [1.807, 2.05) is 0 Å². The molecule has 0 spiro atoms. The highest BCUT2D eigenvalue weighted by Gasteiger charge is 2.50. The Bertz CT molecular complexity index is 1630. The molecule has 4 aliphatic rings. The van der Waals surface area contributed by atoms with Crippen LogP contribution in [0.25, 0.3) is 0 Å². The number of anilines is 2. The van der Waals surface area contributed by atoms with Crippen molar-refractivity contribution in [1.29, 1.82) is 0 Å². The number of aromatic nitrogens is 4. The van der Waals surface area contributed by atoms with Crippen LogP contribution >= 0.6 is 0 Å². The van der Waals surface area contributed by atoms with Crippen molar-refractivity contribution in [2.45, 2.75) is 112 Å². The summed E-state index contributed by atoms with van der Waals surface area (Å²) >= 11 is 0. The monoisotopic (exact) mass is 776 g/mol. The first-order valence-corrected chi connectivity index (χ1v) is 17.9. The first-order chi connectivity index (χ1) is 25.5. The minimum absolute atomic E-state index is 0.199. The Kier molecular flexibility index (Phi) is 12.1. The maximum absolute atomic E-state index is 14.0. The molecule has 298 valence electrons. The van der Waals surface area contributed by atoms with E-state index in [9.17, 15) is 56.4 Å². The smallest absolute Gasteiger partial charge is 0.388 e. The van der Waals surface area contributed by atoms with Crippen LogP contribution in [0.1, 0.15) is 62.8 Å². The van der Waals surface area contributed by atoms with E-state index < -0.39 is 95.9 Å². The number of ketones is 2. The van der Waals surface area contributed by atoms with Crippen molar-refractivity contribution in [3.8, 4) is 0 Å². The number of aliphatic hydroxyl groups excluding tert-OH is 4. The number of rotatable bonds is 10. The van der Waals surface area contributed by atoms with Gasteiger partial charge in [0.25, 0.3) is 0 Å². The molecule has 54 heavy (non-hydrogen) atoms. The van der Waals surface area contributed by atoms with Gasteiger partial charge in [-0.2, -0.15) is 26.3 Å². The molecule has 6 N–H and O–H groups in total. The van der Waals surface area contributed by atoms with Gasteiger partial charge in [0.05, 0.1) is 50.1 Å². The van der Waals surface area contributed by atoms with E-state index in [0.29, 0.717) is 18.8 Å². The Morgan fingerprint density at radius 1 is 0.685 bits per heavy atom. The molecular formula is C34H42F6N6O8. The molecule has 4 fully saturated rings. The Morgan fingerprint density at radius 2 is 1.17 bits per heavy atom. The first-order valence-electron chi connectivity index (χ1n) is 17.9. The number of Topliss-reactive ketones (excluding diaryl/α,β-unsaturated/α-hetero) is 2. The molecule has 6 rings (SSSR count). The molecule has 0 bridgehead atoms. The Hall–Kier alpha value is -3.56. The fourth-order valence-electron chi connectivity index (χ4n) is 8.20. The summed E-state index contributed by atoms with van der Waals surface area (Å²) in [7, 11) is 0. The molecule has 4 heterocycles. The van der Waals surface area contributed by atoms with Gasteiger partial charge in [-0.25, -0.2) is 9.97 Å². The van der Waals surface area contributed by atoms with E-state index >= 15 is 0 Å². The highest BCUT2D eigenvalue weighted by molar-refractivity contribution is 5.89. The molecule has 0 amide bonds. The van der Waals surface area contributed by atoms with Gasteiger partial charge < -0.3 is 40.5 Å². The van der Waals surface area contributed by atoms with Gasteiger partial charge in [0.15, 0.2) is 23.0 Å². The van der Waals surface area contributed by atoms with Gasteiger partial charge in [0, 0.05) is 11.8 Å². The maximum atomic E-state index is 14.0. The summed E-state index contributed by atoms with van der Waals surface area (Å²) in [6.45, 7) is -0.690. The number of ether oxygens (including phenoxy) is 2. The normalized spacial score (nSPS) is 34.0. The highest BCUT2D eigenvalue weighted by atomic mass is 19.4. The molecule has 0 aromatic carbocycles. The average molecular weight is 777 g/mol. The highest BCUT2D eigenvalue weighted by Crippen LogP contribution is 2.44. The van der Waals surface area contributed by atoms with Crippen molar-refractivity contribution in [2.75, 3.05) is 23.8 Å².